The molecule has 3 fully saturated rings. The molecule has 3 aliphatic heterocycles. The van der Waals surface area contributed by atoms with Crippen LogP contribution in [0, 0.1) is 0 Å². The Morgan fingerprint density at radius 1 is 0.886 bits per heavy atom. The van der Waals surface area contributed by atoms with Crippen LogP contribution >= 0.6 is 0 Å². The molecule has 0 unspecified atom stereocenters. The van der Waals surface area contributed by atoms with Gasteiger partial charge in [-0.15, -0.1) is 0 Å². The van der Waals surface area contributed by atoms with Crippen LogP contribution in [0.1, 0.15) is 20.8 Å². The third-order valence-electron chi connectivity index (χ3n) is 6.08. The van der Waals surface area contributed by atoms with E-state index >= 15 is 0 Å². The average Bonchev–Trinajstić information content (AvgIpc) is 3.07. The van der Waals surface area contributed by atoms with Crippen molar-refractivity contribution >= 4 is 29.8 Å². The van der Waals surface area contributed by atoms with E-state index < -0.39 is 35.8 Å². The molecule has 0 radical (unpaired) electrons. The summed E-state index contributed by atoms with van der Waals surface area (Å²) in [5, 5.41) is 0.515. The Hall–Kier alpha value is -3.70. The molecule has 0 saturated carbocycles. The molecule has 12 nitrogen and oxygen atoms in total. The largest absolute Gasteiger partial charge is 0.497 e. The first-order valence-corrected chi connectivity index (χ1v) is 11.6. The van der Waals surface area contributed by atoms with Crippen molar-refractivity contribution in [2.75, 3.05) is 57.8 Å². The second-order valence-corrected chi connectivity index (χ2v) is 9.58. The first-order valence-electron chi connectivity index (χ1n) is 11.6. The molecule has 4 rings (SSSR count). The summed E-state index contributed by atoms with van der Waals surface area (Å²) >= 11 is 0. The maximum absolute atomic E-state index is 12.9. The zero-order valence-electron chi connectivity index (χ0n) is 20.4. The lowest BCUT2D eigenvalue weighted by Gasteiger charge is -2.35. The number of nitrogens with zero attached hydrogens (tertiary/aromatic N) is 5. The molecule has 0 aromatic heterocycles. The lowest BCUT2D eigenvalue weighted by Crippen LogP contribution is -2.55. The van der Waals surface area contributed by atoms with Gasteiger partial charge in [0.2, 0.25) is 0 Å². The van der Waals surface area contributed by atoms with Crippen LogP contribution in [-0.4, -0.2) is 108 Å². The summed E-state index contributed by atoms with van der Waals surface area (Å²) in [6.45, 7) is 7.50. The number of imide groups is 1. The lowest BCUT2D eigenvalue weighted by atomic mass is 10.2. The minimum Gasteiger partial charge on any atom is -0.497 e. The summed E-state index contributed by atoms with van der Waals surface area (Å²) in [6, 6.07) is 6.03. The Kier molecular flexibility index (Phi) is 6.64. The third-order valence-corrected chi connectivity index (χ3v) is 6.08. The van der Waals surface area contributed by atoms with Gasteiger partial charge in [-0.1, -0.05) is 5.06 Å². The number of urea groups is 1. The van der Waals surface area contributed by atoms with Crippen LogP contribution in [0.3, 0.4) is 0 Å². The van der Waals surface area contributed by atoms with E-state index in [0.29, 0.717) is 31.2 Å². The molecule has 12 heteroatoms. The molecule has 3 heterocycles. The molecular formula is C23H31N5O7. The molecule has 1 atom stereocenters. The normalized spacial score (nSPS) is 20.7. The van der Waals surface area contributed by atoms with E-state index in [1.165, 1.54) is 14.7 Å². The molecule has 0 aliphatic carbocycles. The molecule has 1 aromatic carbocycles. The molecule has 0 N–H and O–H groups in total. The van der Waals surface area contributed by atoms with Crippen LogP contribution in [0.25, 0.3) is 0 Å². The smallest absolute Gasteiger partial charge is 0.434 e. The van der Waals surface area contributed by atoms with Crippen molar-refractivity contribution < 1.29 is 33.5 Å². The minimum atomic E-state index is -0.913. The number of fused-ring (bicyclic) bond motifs is 1. The lowest BCUT2D eigenvalue weighted by molar-refractivity contribution is -0.152. The summed E-state index contributed by atoms with van der Waals surface area (Å²) in [6.07, 6.45) is -1.31. The number of hydroxylamine groups is 2. The Morgan fingerprint density at radius 3 is 2.11 bits per heavy atom. The SMILES string of the molecule is COc1ccc(N2CCN(C(=O)ON3C(=O)[C@@H]4CN(C(=O)OC(C)(C)C)CCN4C3=O)CC2)cc1. The number of amides is 5. The quantitative estimate of drug-likeness (QED) is 0.591. The van der Waals surface area contributed by atoms with E-state index in [0.717, 1.165) is 11.4 Å². The Morgan fingerprint density at radius 2 is 1.51 bits per heavy atom. The first-order chi connectivity index (χ1) is 16.6. The minimum absolute atomic E-state index is 0.0198. The first kappa shape index (κ1) is 24.4. The number of methoxy groups -OCH3 is 1. The van der Waals surface area contributed by atoms with Crippen molar-refractivity contribution in [3.63, 3.8) is 0 Å². The average molecular weight is 490 g/mol. The number of ether oxygens (including phenoxy) is 2. The van der Waals surface area contributed by atoms with Gasteiger partial charge in [-0.25, -0.2) is 14.4 Å². The predicted molar refractivity (Wildman–Crippen MR) is 124 cm³/mol. The van der Waals surface area contributed by atoms with Gasteiger partial charge in [0.25, 0.3) is 5.91 Å². The van der Waals surface area contributed by atoms with Crippen LogP contribution < -0.4 is 9.64 Å². The molecule has 5 amide bonds. The van der Waals surface area contributed by atoms with Crippen molar-refractivity contribution in [3.8, 4) is 5.75 Å². The highest BCUT2D eigenvalue weighted by molar-refractivity contribution is 6.04. The molecule has 3 saturated heterocycles. The van der Waals surface area contributed by atoms with Crippen LogP contribution in [0.15, 0.2) is 24.3 Å². The highest BCUT2D eigenvalue weighted by Crippen LogP contribution is 2.25. The van der Waals surface area contributed by atoms with E-state index in [9.17, 15) is 19.2 Å². The maximum atomic E-state index is 12.9. The fourth-order valence-corrected chi connectivity index (χ4v) is 4.22. The van der Waals surface area contributed by atoms with Crippen LogP contribution in [0.4, 0.5) is 20.1 Å². The molecule has 1 aromatic rings. The van der Waals surface area contributed by atoms with Crippen LogP contribution in [-0.2, 0) is 14.4 Å². The summed E-state index contributed by atoms with van der Waals surface area (Å²) < 4.78 is 10.5. The van der Waals surface area contributed by atoms with E-state index in [-0.39, 0.29) is 19.6 Å². The van der Waals surface area contributed by atoms with Crippen molar-refractivity contribution in [3.05, 3.63) is 24.3 Å². The van der Waals surface area contributed by atoms with Gasteiger partial charge in [-0.2, -0.15) is 0 Å². The van der Waals surface area contributed by atoms with E-state index in [2.05, 4.69) is 4.90 Å². The number of hydrogen-bond donors (Lipinski definition) is 0. The summed E-state index contributed by atoms with van der Waals surface area (Å²) in [4.78, 5) is 62.3. The Labute approximate surface area is 203 Å². The van der Waals surface area contributed by atoms with E-state index in [4.69, 9.17) is 14.3 Å². The second kappa shape index (κ2) is 9.51. The summed E-state index contributed by atoms with van der Waals surface area (Å²) in [5.41, 5.74) is 0.331. The van der Waals surface area contributed by atoms with Gasteiger partial charge < -0.3 is 33.9 Å². The molecule has 0 bridgehead atoms. The van der Waals surface area contributed by atoms with Gasteiger partial charge in [0.05, 0.1) is 13.7 Å². The van der Waals surface area contributed by atoms with Gasteiger partial charge in [0, 0.05) is 45.0 Å². The standard InChI is InChI=1S/C23H31N5O7/c1-23(2,3)34-21(31)26-13-14-27-18(15-26)19(29)28(20(27)30)35-22(32)25-11-9-24(10-12-25)16-5-7-17(33-4)8-6-16/h5-8,18H,9-15H2,1-4H3/t18-/m0/s1. The third kappa shape index (κ3) is 5.20. The van der Waals surface area contributed by atoms with E-state index in [1.54, 1.807) is 27.9 Å². The molecule has 35 heavy (non-hydrogen) atoms. The molecule has 3 aliphatic rings. The van der Waals surface area contributed by atoms with Crippen molar-refractivity contribution in [2.24, 2.45) is 0 Å². The second-order valence-electron chi connectivity index (χ2n) is 9.58. The molecular weight excluding hydrogens is 458 g/mol. The topological polar surface area (TPSA) is 112 Å². The number of hydrogen-bond acceptors (Lipinski definition) is 8. The van der Waals surface area contributed by atoms with Gasteiger partial charge in [-0.05, 0) is 45.0 Å². The van der Waals surface area contributed by atoms with Gasteiger partial charge in [0.15, 0.2) is 0 Å². The summed E-state index contributed by atoms with van der Waals surface area (Å²) in [7, 11) is 1.61. The van der Waals surface area contributed by atoms with Gasteiger partial charge in [0.1, 0.15) is 17.4 Å². The number of benzene rings is 1. The molecule has 0 spiro atoms. The van der Waals surface area contributed by atoms with Gasteiger partial charge >= 0.3 is 18.2 Å². The van der Waals surface area contributed by atoms with E-state index in [1.807, 2.05) is 24.3 Å². The fourth-order valence-electron chi connectivity index (χ4n) is 4.22. The predicted octanol–water partition coefficient (Wildman–Crippen LogP) is 1.75. The number of carbonyl (C=O) groups is 4. The number of carbonyl (C=O) groups excluding carboxylic acids is 4. The zero-order chi connectivity index (χ0) is 25.3. The Balaban J connectivity index is 1.31. The number of anilines is 1. The number of piperazine rings is 2. The van der Waals surface area contributed by atoms with Crippen LogP contribution in [0.2, 0.25) is 0 Å². The van der Waals surface area contributed by atoms with Crippen molar-refractivity contribution in [1.82, 2.24) is 19.8 Å². The molecule has 190 valence electrons. The zero-order valence-corrected chi connectivity index (χ0v) is 20.4. The van der Waals surface area contributed by atoms with Gasteiger partial charge in [-0.3, -0.25) is 4.79 Å². The fraction of sp³-hybridized carbons (Fsp3) is 0.565. The van der Waals surface area contributed by atoms with Crippen molar-refractivity contribution in [1.29, 1.82) is 0 Å². The maximum Gasteiger partial charge on any atom is 0.434 e. The number of rotatable bonds is 3. The monoisotopic (exact) mass is 489 g/mol. The van der Waals surface area contributed by atoms with Crippen LogP contribution in [0.5, 0.6) is 5.75 Å². The van der Waals surface area contributed by atoms with Crippen molar-refractivity contribution in [2.45, 2.75) is 32.4 Å². The highest BCUT2D eigenvalue weighted by Gasteiger charge is 2.51. The Bertz CT molecular complexity index is 985. The summed E-state index contributed by atoms with van der Waals surface area (Å²) in [5.74, 6) is 0.0925. The highest BCUT2D eigenvalue weighted by atomic mass is 16.7.